The topological polar surface area (TPSA) is 68.9 Å². The second-order valence-electron chi connectivity index (χ2n) is 6.39. The molecule has 0 bridgehead atoms. The first kappa shape index (κ1) is 17.7. The van der Waals surface area contributed by atoms with Gasteiger partial charge in [-0.2, -0.15) is 0 Å². The first-order valence-corrected chi connectivity index (χ1v) is 8.51. The quantitative estimate of drug-likeness (QED) is 0.768. The van der Waals surface area contributed by atoms with Crippen LogP contribution in [0.5, 0.6) is 0 Å². The molecule has 0 saturated heterocycles. The van der Waals surface area contributed by atoms with Crippen LogP contribution < -0.4 is 11.0 Å². The molecule has 0 saturated carbocycles. The molecule has 1 amide bonds. The standard InChI is InChI=1S/C20H22N4O2/c1-14-9-11-17(12-10-14)19-22-24(20(26)23(19)3)13-18(25)21-15(2)16-7-5-4-6-8-16/h4-12,15H,13H2,1-3H3,(H,21,25)/t15-/m0/s1. The van der Waals surface area contributed by atoms with E-state index in [1.54, 1.807) is 7.05 Å². The number of hydrogen-bond acceptors (Lipinski definition) is 3. The first-order valence-electron chi connectivity index (χ1n) is 8.51. The van der Waals surface area contributed by atoms with E-state index >= 15 is 0 Å². The van der Waals surface area contributed by atoms with Gasteiger partial charge in [0.2, 0.25) is 5.91 Å². The third-order valence-electron chi connectivity index (χ3n) is 4.32. The van der Waals surface area contributed by atoms with E-state index in [-0.39, 0.29) is 24.2 Å². The van der Waals surface area contributed by atoms with E-state index in [9.17, 15) is 9.59 Å². The van der Waals surface area contributed by atoms with Crippen LogP contribution >= 0.6 is 0 Å². The highest BCUT2D eigenvalue weighted by Crippen LogP contribution is 2.15. The summed E-state index contributed by atoms with van der Waals surface area (Å²) in [7, 11) is 1.66. The van der Waals surface area contributed by atoms with Gasteiger partial charge in [0.1, 0.15) is 6.54 Å². The molecule has 1 N–H and O–H groups in total. The molecule has 1 atom stereocenters. The summed E-state index contributed by atoms with van der Waals surface area (Å²) in [5, 5.41) is 7.24. The fourth-order valence-corrected chi connectivity index (χ4v) is 2.79. The van der Waals surface area contributed by atoms with Crippen LogP contribution in [0.15, 0.2) is 59.4 Å². The summed E-state index contributed by atoms with van der Waals surface area (Å²) >= 11 is 0. The molecule has 0 radical (unpaired) electrons. The van der Waals surface area contributed by atoms with Gasteiger partial charge in [0.05, 0.1) is 6.04 Å². The van der Waals surface area contributed by atoms with Gasteiger partial charge in [-0.1, -0.05) is 60.2 Å². The molecule has 1 aromatic heterocycles. The predicted octanol–water partition coefficient (Wildman–Crippen LogP) is 2.43. The van der Waals surface area contributed by atoms with Gasteiger partial charge in [0.25, 0.3) is 0 Å². The monoisotopic (exact) mass is 350 g/mol. The number of benzene rings is 2. The number of hydrogen-bond donors (Lipinski definition) is 1. The van der Waals surface area contributed by atoms with Crippen LogP contribution in [0.25, 0.3) is 11.4 Å². The average Bonchev–Trinajstić information content (AvgIpc) is 2.91. The van der Waals surface area contributed by atoms with Gasteiger partial charge >= 0.3 is 5.69 Å². The smallest absolute Gasteiger partial charge is 0.346 e. The molecule has 26 heavy (non-hydrogen) atoms. The first-order chi connectivity index (χ1) is 12.5. The Morgan fingerprint density at radius 2 is 1.77 bits per heavy atom. The molecule has 6 nitrogen and oxygen atoms in total. The van der Waals surface area contributed by atoms with E-state index in [1.807, 2.05) is 68.4 Å². The minimum atomic E-state index is -0.317. The number of rotatable bonds is 5. The maximum Gasteiger partial charge on any atom is 0.346 e. The molecule has 6 heteroatoms. The van der Waals surface area contributed by atoms with E-state index in [2.05, 4.69) is 10.4 Å². The number of nitrogens with zero attached hydrogens (tertiary/aromatic N) is 3. The maximum absolute atomic E-state index is 12.4. The molecule has 1 heterocycles. The van der Waals surface area contributed by atoms with Crippen LogP contribution in [0.4, 0.5) is 0 Å². The van der Waals surface area contributed by atoms with Crippen molar-refractivity contribution in [3.05, 3.63) is 76.2 Å². The summed E-state index contributed by atoms with van der Waals surface area (Å²) in [6.07, 6.45) is 0. The Labute approximate surface area is 152 Å². The van der Waals surface area contributed by atoms with Crippen LogP contribution in [0.1, 0.15) is 24.1 Å². The highest BCUT2D eigenvalue weighted by atomic mass is 16.2. The predicted molar refractivity (Wildman–Crippen MR) is 101 cm³/mol. The Balaban J connectivity index is 1.76. The van der Waals surface area contributed by atoms with Crippen molar-refractivity contribution in [1.82, 2.24) is 19.7 Å². The van der Waals surface area contributed by atoms with Gasteiger partial charge in [0, 0.05) is 12.6 Å². The van der Waals surface area contributed by atoms with E-state index in [4.69, 9.17) is 0 Å². The van der Waals surface area contributed by atoms with Crippen molar-refractivity contribution >= 4 is 5.91 Å². The Kier molecular flexibility index (Phi) is 5.02. The minimum Gasteiger partial charge on any atom is -0.348 e. The van der Waals surface area contributed by atoms with Crippen LogP contribution in [0.2, 0.25) is 0 Å². The lowest BCUT2D eigenvalue weighted by atomic mass is 10.1. The van der Waals surface area contributed by atoms with Gasteiger partial charge in [-0.15, -0.1) is 5.10 Å². The summed E-state index contributed by atoms with van der Waals surface area (Å²) < 4.78 is 2.65. The molecule has 3 aromatic rings. The molecule has 0 fully saturated rings. The van der Waals surface area contributed by atoms with Gasteiger partial charge < -0.3 is 5.32 Å². The van der Waals surface area contributed by atoms with Crippen molar-refractivity contribution in [1.29, 1.82) is 0 Å². The van der Waals surface area contributed by atoms with E-state index < -0.39 is 0 Å². The highest BCUT2D eigenvalue weighted by Gasteiger charge is 2.16. The van der Waals surface area contributed by atoms with Crippen molar-refractivity contribution in [2.45, 2.75) is 26.4 Å². The van der Waals surface area contributed by atoms with E-state index in [0.717, 1.165) is 16.7 Å². The second kappa shape index (κ2) is 7.39. The third kappa shape index (κ3) is 3.74. The van der Waals surface area contributed by atoms with Crippen molar-refractivity contribution < 1.29 is 4.79 Å². The zero-order valence-corrected chi connectivity index (χ0v) is 15.1. The molecule has 0 unspecified atom stereocenters. The van der Waals surface area contributed by atoms with Crippen LogP contribution in [0.3, 0.4) is 0 Å². The van der Waals surface area contributed by atoms with Crippen LogP contribution in [-0.2, 0) is 18.4 Å². The van der Waals surface area contributed by atoms with Crippen molar-refractivity contribution in [2.75, 3.05) is 0 Å². The highest BCUT2D eigenvalue weighted by molar-refractivity contribution is 5.76. The summed E-state index contributed by atoms with van der Waals surface area (Å²) in [6, 6.07) is 17.3. The molecular formula is C20H22N4O2. The Morgan fingerprint density at radius 3 is 2.42 bits per heavy atom. The molecule has 134 valence electrons. The molecule has 2 aromatic carbocycles. The second-order valence-corrected chi connectivity index (χ2v) is 6.39. The van der Waals surface area contributed by atoms with Crippen molar-refractivity contribution in [3.63, 3.8) is 0 Å². The van der Waals surface area contributed by atoms with Crippen LogP contribution in [0, 0.1) is 6.92 Å². The number of carbonyl (C=O) groups is 1. The van der Waals surface area contributed by atoms with E-state index in [1.165, 1.54) is 9.25 Å². The summed E-state index contributed by atoms with van der Waals surface area (Å²) in [6.45, 7) is 3.79. The van der Waals surface area contributed by atoms with E-state index in [0.29, 0.717) is 5.82 Å². The third-order valence-corrected chi connectivity index (χ3v) is 4.32. The molecule has 0 spiro atoms. The normalized spacial score (nSPS) is 12.0. The van der Waals surface area contributed by atoms with Gasteiger partial charge in [-0.25, -0.2) is 9.48 Å². The minimum absolute atomic E-state index is 0.115. The molecule has 3 rings (SSSR count). The number of aryl methyl sites for hydroxylation is 1. The SMILES string of the molecule is Cc1ccc(-c2nn(CC(=O)N[C@@H](C)c3ccccc3)c(=O)n2C)cc1. The lowest BCUT2D eigenvalue weighted by molar-refractivity contribution is -0.122. The molecule has 0 aliphatic heterocycles. The number of carbonyl (C=O) groups excluding carboxylic acids is 1. The lowest BCUT2D eigenvalue weighted by Gasteiger charge is -2.13. The number of amides is 1. The molecular weight excluding hydrogens is 328 g/mol. The van der Waals surface area contributed by atoms with Crippen molar-refractivity contribution in [3.8, 4) is 11.4 Å². The van der Waals surface area contributed by atoms with Crippen LogP contribution in [-0.4, -0.2) is 20.3 Å². The van der Waals surface area contributed by atoms with Gasteiger partial charge in [-0.3, -0.25) is 9.36 Å². The largest absolute Gasteiger partial charge is 0.348 e. The summed E-state index contributed by atoms with van der Waals surface area (Å²) in [5.41, 5.74) is 2.66. The lowest BCUT2D eigenvalue weighted by Crippen LogP contribution is -2.34. The zero-order chi connectivity index (χ0) is 18.7. The zero-order valence-electron chi connectivity index (χ0n) is 15.1. The average molecular weight is 350 g/mol. The fourth-order valence-electron chi connectivity index (χ4n) is 2.79. The summed E-state index contributed by atoms with van der Waals surface area (Å²) in [4.78, 5) is 24.7. The Bertz CT molecular complexity index is 956. The van der Waals surface area contributed by atoms with Gasteiger partial charge in [-0.05, 0) is 19.4 Å². The maximum atomic E-state index is 12.4. The Morgan fingerprint density at radius 1 is 1.12 bits per heavy atom. The molecule has 0 aliphatic rings. The Hall–Kier alpha value is -3.15. The molecule has 0 aliphatic carbocycles. The number of aromatic nitrogens is 3. The number of nitrogens with one attached hydrogen (secondary N) is 1. The van der Waals surface area contributed by atoms with Crippen molar-refractivity contribution in [2.24, 2.45) is 7.05 Å². The summed E-state index contributed by atoms with van der Waals surface area (Å²) in [5.74, 6) is 0.288. The van der Waals surface area contributed by atoms with Gasteiger partial charge in [0.15, 0.2) is 5.82 Å². The fraction of sp³-hybridized carbons (Fsp3) is 0.250.